The fraction of sp³-hybridized carbons (Fsp3) is 0.423. The Morgan fingerprint density at radius 3 is 2.19 bits per heavy atom. The third-order valence-corrected chi connectivity index (χ3v) is 7.70. The fourth-order valence-corrected chi connectivity index (χ4v) is 6.83. The van der Waals surface area contributed by atoms with E-state index in [-0.39, 0.29) is 5.41 Å². The van der Waals surface area contributed by atoms with Crippen LogP contribution < -0.4 is 4.74 Å². The van der Waals surface area contributed by atoms with Crippen LogP contribution in [0.15, 0.2) is 30.3 Å². The molecular weight excluding hydrogens is 417 g/mol. The summed E-state index contributed by atoms with van der Waals surface area (Å²) in [5.41, 5.74) is 0.806. The van der Waals surface area contributed by atoms with Crippen LogP contribution in [0.25, 0.3) is 11.6 Å². The Morgan fingerprint density at radius 2 is 1.62 bits per heavy atom. The summed E-state index contributed by atoms with van der Waals surface area (Å²) < 4.78 is 47.0. The van der Waals surface area contributed by atoms with E-state index < -0.39 is 34.6 Å². The number of carboxylic acids is 1. The van der Waals surface area contributed by atoms with Gasteiger partial charge < -0.3 is 9.84 Å². The van der Waals surface area contributed by atoms with Crippen molar-refractivity contribution in [2.75, 3.05) is 7.11 Å². The number of rotatable bonds is 5. The van der Waals surface area contributed by atoms with Gasteiger partial charge in [0.1, 0.15) is 5.75 Å². The summed E-state index contributed by atoms with van der Waals surface area (Å²) >= 11 is 0. The maximum absolute atomic E-state index is 14.3. The summed E-state index contributed by atoms with van der Waals surface area (Å²) in [7, 11) is 1.60. The minimum atomic E-state index is -1.69. The molecule has 4 fully saturated rings. The molecule has 32 heavy (non-hydrogen) atoms. The molecule has 0 atom stereocenters. The molecule has 0 saturated heterocycles. The molecule has 0 amide bonds. The predicted molar refractivity (Wildman–Crippen MR) is 115 cm³/mol. The lowest BCUT2D eigenvalue weighted by atomic mass is 9.48. The van der Waals surface area contributed by atoms with Gasteiger partial charge in [-0.2, -0.15) is 0 Å². The topological polar surface area (TPSA) is 46.5 Å². The molecule has 4 bridgehead atoms. The van der Waals surface area contributed by atoms with Gasteiger partial charge in [0.2, 0.25) is 0 Å². The maximum Gasteiger partial charge on any atom is 0.336 e. The lowest BCUT2D eigenvalue weighted by Gasteiger charge is -2.57. The van der Waals surface area contributed by atoms with Gasteiger partial charge in [-0.3, -0.25) is 0 Å². The summed E-state index contributed by atoms with van der Waals surface area (Å²) in [6.07, 6.45) is 8.71. The Bertz CT molecular complexity index is 1090. The van der Waals surface area contributed by atoms with Crippen molar-refractivity contribution in [1.29, 1.82) is 0 Å². The summed E-state index contributed by atoms with van der Waals surface area (Å²) in [4.78, 5) is 11.8. The van der Waals surface area contributed by atoms with Crippen LogP contribution in [0.5, 0.6) is 5.75 Å². The first-order valence-electron chi connectivity index (χ1n) is 11.1. The molecule has 0 unspecified atom stereocenters. The number of carboxylic acid groups (broad SMARTS) is 1. The normalized spacial score (nSPS) is 28.8. The average molecular weight is 442 g/mol. The van der Waals surface area contributed by atoms with Crippen molar-refractivity contribution in [1.82, 2.24) is 0 Å². The van der Waals surface area contributed by atoms with Crippen LogP contribution in [-0.2, 0) is 10.2 Å². The Morgan fingerprint density at radius 1 is 1.00 bits per heavy atom. The third kappa shape index (κ3) is 3.40. The summed E-state index contributed by atoms with van der Waals surface area (Å²) in [6, 6.07) is 7.22. The number of benzene rings is 2. The third-order valence-electron chi connectivity index (χ3n) is 7.70. The van der Waals surface area contributed by atoms with Gasteiger partial charge in [0.25, 0.3) is 0 Å². The van der Waals surface area contributed by atoms with Gasteiger partial charge in [-0.05, 0) is 91.5 Å². The molecule has 6 rings (SSSR count). The van der Waals surface area contributed by atoms with Crippen molar-refractivity contribution in [3.8, 4) is 5.75 Å². The van der Waals surface area contributed by atoms with Crippen molar-refractivity contribution in [3.63, 3.8) is 0 Å². The molecule has 4 aliphatic carbocycles. The molecule has 0 heterocycles. The highest BCUT2D eigenvalue weighted by Crippen LogP contribution is 2.61. The lowest BCUT2D eigenvalue weighted by molar-refractivity contribution is -0.130. The van der Waals surface area contributed by atoms with E-state index in [4.69, 9.17) is 4.74 Å². The highest BCUT2D eigenvalue weighted by Gasteiger charge is 2.52. The number of halogens is 3. The first-order valence-corrected chi connectivity index (χ1v) is 11.1. The van der Waals surface area contributed by atoms with E-state index in [1.807, 2.05) is 6.07 Å². The van der Waals surface area contributed by atoms with Crippen molar-refractivity contribution >= 4 is 17.6 Å². The highest BCUT2D eigenvalue weighted by molar-refractivity contribution is 6.20. The zero-order chi connectivity index (χ0) is 22.6. The van der Waals surface area contributed by atoms with Gasteiger partial charge in [-0.1, -0.05) is 12.1 Å². The van der Waals surface area contributed by atoms with Gasteiger partial charge in [-0.15, -0.1) is 0 Å². The number of carbonyl (C=O) groups is 1. The first kappa shape index (κ1) is 21.1. The fourth-order valence-electron chi connectivity index (χ4n) is 6.83. The number of aliphatic carboxylic acids is 1. The van der Waals surface area contributed by atoms with Crippen molar-refractivity contribution < 1.29 is 27.8 Å². The number of hydrogen-bond donors (Lipinski definition) is 1. The van der Waals surface area contributed by atoms with E-state index in [1.165, 1.54) is 25.3 Å². The Kier molecular flexibility index (Phi) is 5.06. The quantitative estimate of drug-likeness (QED) is 0.340. The number of ether oxygens (including phenoxy) is 1. The molecular formula is C26H25F3O3. The molecule has 6 heteroatoms. The molecule has 4 saturated carbocycles. The molecule has 4 aliphatic rings. The van der Waals surface area contributed by atoms with E-state index in [2.05, 4.69) is 0 Å². The lowest BCUT2D eigenvalue weighted by Crippen LogP contribution is -2.48. The summed E-state index contributed by atoms with van der Waals surface area (Å²) in [5, 5.41) is 9.63. The van der Waals surface area contributed by atoms with Crippen LogP contribution >= 0.6 is 0 Å². The van der Waals surface area contributed by atoms with E-state index in [0.717, 1.165) is 54.7 Å². The second kappa shape index (κ2) is 7.68. The van der Waals surface area contributed by atoms with E-state index in [9.17, 15) is 23.1 Å². The zero-order valence-electron chi connectivity index (χ0n) is 17.8. The summed E-state index contributed by atoms with van der Waals surface area (Å²) in [5.74, 6) is -3.02. The molecule has 0 aromatic heterocycles. The monoisotopic (exact) mass is 442 g/mol. The molecule has 0 aliphatic heterocycles. The second-order valence-electron chi connectivity index (χ2n) is 9.74. The molecule has 1 N–H and O–H groups in total. The van der Waals surface area contributed by atoms with Crippen molar-refractivity contribution in [2.24, 2.45) is 17.8 Å². The van der Waals surface area contributed by atoms with E-state index in [1.54, 1.807) is 19.2 Å². The highest BCUT2D eigenvalue weighted by atomic mass is 19.2. The molecule has 0 radical (unpaired) electrons. The first-order chi connectivity index (χ1) is 15.3. The Labute approximate surface area is 184 Å². The summed E-state index contributed by atoms with van der Waals surface area (Å²) in [6.45, 7) is 0. The van der Waals surface area contributed by atoms with E-state index in [0.29, 0.717) is 11.3 Å². The molecule has 0 spiro atoms. The standard InChI is InChI=1S/C26H25F3O3/c1-32-22-10-14(9-19(25(30)31)18-3-5-21(27)24(29)23(18)28)2-4-20(22)26-11-15-6-16(12-26)8-17(7-15)13-26/h2-5,9-10,15-17H,6-8,11-13H2,1H3,(H,30,31). The average Bonchev–Trinajstić information content (AvgIpc) is 2.75. The van der Waals surface area contributed by atoms with Gasteiger partial charge in [-0.25, -0.2) is 18.0 Å². The molecule has 168 valence electrons. The van der Waals surface area contributed by atoms with Crippen molar-refractivity contribution in [2.45, 2.75) is 43.9 Å². The number of hydrogen-bond acceptors (Lipinski definition) is 2. The van der Waals surface area contributed by atoms with Gasteiger partial charge >= 0.3 is 5.97 Å². The predicted octanol–water partition coefficient (Wildman–Crippen LogP) is 6.21. The SMILES string of the molecule is COc1cc(C=C(C(=O)O)c2ccc(F)c(F)c2F)ccc1C12CC3CC(CC(C3)C1)C2. The zero-order valence-corrected chi connectivity index (χ0v) is 17.8. The molecule has 3 nitrogen and oxygen atoms in total. The minimum absolute atomic E-state index is 0.101. The van der Waals surface area contributed by atoms with E-state index >= 15 is 0 Å². The van der Waals surface area contributed by atoms with Crippen LogP contribution in [0.3, 0.4) is 0 Å². The Balaban J connectivity index is 1.54. The smallest absolute Gasteiger partial charge is 0.336 e. The minimum Gasteiger partial charge on any atom is -0.496 e. The van der Waals surface area contributed by atoms with Gasteiger partial charge in [0, 0.05) is 11.1 Å². The van der Waals surface area contributed by atoms with Crippen LogP contribution in [0, 0.1) is 35.2 Å². The van der Waals surface area contributed by atoms with Crippen LogP contribution in [-0.4, -0.2) is 18.2 Å². The van der Waals surface area contributed by atoms with Crippen LogP contribution in [0.4, 0.5) is 13.2 Å². The largest absolute Gasteiger partial charge is 0.496 e. The van der Waals surface area contributed by atoms with Crippen LogP contribution in [0.1, 0.15) is 55.2 Å². The van der Waals surface area contributed by atoms with Crippen molar-refractivity contribution in [3.05, 3.63) is 64.5 Å². The van der Waals surface area contributed by atoms with Crippen LogP contribution in [0.2, 0.25) is 0 Å². The molecule has 2 aromatic rings. The maximum atomic E-state index is 14.3. The Hall–Kier alpha value is -2.76. The number of methoxy groups -OCH3 is 1. The second-order valence-corrected chi connectivity index (χ2v) is 9.74. The molecule has 2 aromatic carbocycles. The van der Waals surface area contributed by atoms with Gasteiger partial charge in [0.05, 0.1) is 12.7 Å². The van der Waals surface area contributed by atoms with Gasteiger partial charge in [0.15, 0.2) is 17.5 Å².